The summed E-state index contributed by atoms with van der Waals surface area (Å²) >= 11 is 0. The van der Waals surface area contributed by atoms with Gasteiger partial charge in [0.2, 0.25) is 0 Å². The number of aromatic nitrogens is 2. The van der Waals surface area contributed by atoms with E-state index in [0.29, 0.717) is 12.1 Å². The van der Waals surface area contributed by atoms with Crippen molar-refractivity contribution in [1.82, 2.24) is 10.2 Å². The van der Waals surface area contributed by atoms with Gasteiger partial charge in [0, 0.05) is 17.5 Å². The van der Waals surface area contributed by atoms with E-state index in [1.807, 2.05) is 0 Å². The molecule has 5 heteroatoms. The lowest BCUT2D eigenvalue weighted by Crippen LogP contribution is -2.04. The first-order valence-electron chi connectivity index (χ1n) is 5.18. The van der Waals surface area contributed by atoms with Crippen LogP contribution in [0.1, 0.15) is 21.6 Å². The fraction of sp³-hybridized carbons (Fsp3) is 0.167. The number of benzene rings is 1. The van der Waals surface area contributed by atoms with E-state index in [1.54, 1.807) is 18.2 Å². The largest absolute Gasteiger partial charge is 0.508 e. The van der Waals surface area contributed by atoms with Crippen LogP contribution in [0, 0.1) is 0 Å². The number of aromatic amines is 1. The van der Waals surface area contributed by atoms with Crippen LogP contribution in [0.2, 0.25) is 0 Å². The van der Waals surface area contributed by atoms with Crippen molar-refractivity contribution in [2.24, 2.45) is 0 Å². The van der Waals surface area contributed by atoms with Crippen molar-refractivity contribution in [2.45, 2.75) is 6.42 Å². The number of nitrogens with one attached hydrogen (secondary N) is 1. The maximum absolute atomic E-state index is 11.5. The summed E-state index contributed by atoms with van der Waals surface area (Å²) in [4.78, 5) is 11.5. The summed E-state index contributed by atoms with van der Waals surface area (Å²) in [6.07, 6.45) is 0.583. The number of phenols is 1. The third-order valence-corrected chi connectivity index (χ3v) is 2.97. The molecule has 2 aromatic rings. The Bertz CT molecular complexity index is 616. The van der Waals surface area contributed by atoms with Crippen LogP contribution in [0.4, 0.5) is 0 Å². The maximum Gasteiger partial charge on any atom is 0.356 e. The van der Waals surface area contributed by atoms with Crippen LogP contribution >= 0.6 is 0 Å². The highest BCUT2D eigenvalue weighted by Gasteiger charge is 2.27. The van der Waals surface area contributed by atoms with E-state index < -0.39 is 5.97 Å². The third kappa shape index (κ3) is 1.32. The van der Waals surface area contributed by atoms with Gasteiger partial charge in [-0.25, -0.2) is 4.79 Å². The molecule has 86 valence electrons. The van der Waals surface area contributed by atoms with Gasteiger partial charge in [-0.15, -0.1) is 0 Å². The fourth-order valence-electron chi connectivity index (χ4n) is 2.18. The highest BCUT2D eigenvalue weighted by atomic mass is 16.5. The molecule has 1 aliphatic rings. The standard InChI is InChI=1S/C12H10N2O3/c1-17-12(16)11-9-5-6-4-7(15)2-3-8(6)10(9)13-14-11/h2-4,15H,5H2,1H3,(H,13,14). The van der Waals surface area contributed by atoms with E-state index in [0.717, 1.165) is 22.4 Å². The van der Waals surface area contributed by atoms with E-state index in [4.69, 9.17) is 0 Å². The average Bonchev–Trinajstić information content (AvgIpc) is 2.85. The molecular formula is C12H10N2O3. The predicted molar refractivity (Wildman–Crippen MR) is 59.8 cm³/mol. The topological polar surface area (TPSA) is 75.2 Å². The summed E-state index contributed by atoms with van der Waals surface area (Å²) in [7, 11) is 1.34. The highest BCUT2D eigenvalue weighted by Crippen LogP contribution is 2.38. The minimum atomic E-state index is -0.421. The zero-order valence-electron chi connectivity index (χ0n) is 9.15. The van der Waals surface area contributed by atoms with E-state index >= 15 is 0 Å². The molecule has 0 unspecified atom stereocenters. The maximum atomic E-state index is 11.5. The van der Waals surface area contributed by atoms with Gasteiger partial charge in [0.25, 0.3) is 0 Å². The van der Waals surface area contributed by atoms with Crippen LogP contribution in [0.25, 0.3) is 11.3 Å². The molecule has 5 nitrogen and oxygen atoms in total. The van der Waals surface area contributed by atoms with E-state index in [2.05, 4.69) is 14.9 Å². The molecule has 3 rings (SSSR count). The van der Waals surface area contributed by atoms with Crippen LogP contribution < -0.4 is 0 Å². The van der Waals surface area contributed by atoms with Crippen LogP contribution in [-0.4, -0.2) is 28.4 Å². The van der Waals surface area contributed by atoms with Crippen LogP contribution in [0.15, 0.2) is 18.2 Å². The SMILES string of the molecule is COC(=O)c1[nH]nc2c1Cc1cc(O)ccc1-2. The van der Waals surface area contributed by atoms with Crippen LogP contribution in [0.3, 0.4) is 0 Å². The summed E-state index contributed by atoms with van der Waals surface area (Å²) in [5.74, 6) is -0.201. The lowest BCUT2D eigenvalue weighted by Gasteiger charge is -1.99. The minimum absolute atomic E-state index is 0.220. The molecular weight excluding hydrogens is 220 g/mol. The number of rotatable bonds is 1. The lowest BCUT2D eigenvalue weighted by molar-refractivity contribution is 0.0593. The number of hydrogen-bond donors (Lipinski definition) is 2. The number of H-pyrrole nitrogens is 1. The van der Waals surface area contributed by atoms with Crippen molar-refractivity contribution in [1.29, 1.82) is 0 Å². The molecule has 0 amide bonds. The monoisotopic (exact) mass is 230 g/mol. The van der Waals surface area contributed by atoms with Gasteiger partial charge in [-0.3, -0.25) is 5.10 Å². The Morgan fingerprint density at radius 1 is 1.53 bits per heavy atom. The van der Waals surface area contributed by atoms with Gasteiger partial charge in [-0.05, 0) is 23.8 Å². The second-order valence-corrected chi connectivity index (χ2v) is 3.94. The average molecular weight is 230 g/mol. The number of hydrogen-bond acceptors (Lipinski definition) is 4. The molecule has 0 radical (unpaired) electrons. The van der Waals surface area contributed by atoms with Gasteiger partial charge in [0.05, 0.1) is 12.8 Å². The molecule has 1 aliphatic carbocycles. The van der Waals surface area contributed by atoms with Gasteiger partial charge in [-0.2, -0.15) is 5.10 Å². The van der Waals surface area contributed by atoms with Crippen LogP contribution in [0.5, 0.6) is 5.75 Å². The molecule has 1 heterocycles. The molecule has 0 spiro atoms. The molecule has 2 N–H and O–H groups in total. The molecule has 0 bridgehead atoms. The van der Waals surface area contributed by atoms with Gasteiger partial charge in [0.15, 0.2) is 0 Å². The molecule has 0 aliphatic heterocycles. The third-order valence-electron chi connectivity index (χ3n) is 2.97. The molecule has 0 fully saturated rings. The summed E-state index contributed by atoms with van der Waals surface area (Å²) in [5.41, 5.74) is 3.90. The number of ether oxygens (including phenoxy) is 1. The number of carbonyl (C=O) groups excluding carboxylic acids is 1. The summed E-state index contributed by atoms with van der Waals surface area (Å²) in [5, 5.41) is 16.2. The minimum Gasteiger partial charge on any atom is -0.508 e. The van der Waals surface area contributed by atoms with Crippen molar-refractivity contribution in [3.63, 3.8) is 0 Å². The summed E-state index contributed by atoms with van der Waals surface area (Å²) in [6, 6.07) is 5.11. The van der Waals surface area contributed by atoms with Crippen molar-refractivity contribution in [3.05, 3.63) is 35.0 Å². The predicted octanol–water partition coefficient (Wildman–Crippen LogP) is 1.47. The Kier molecular flexibility index (Phi) is 1.95. The fourth-order valence-corrected chi connectivity index (χ4v) is 2.18. The first kappa shape index (κ1) is 9.89. The summed E-state index contributed by atoms with van der Waals surface area (Å²) < 4.78 is 4.68. The van der Waals surface area contributed by atoms with Gasteiger partial charge >= 0.3 is 5.97 Å². The first-order valence-corrected chi connectivity index (χ1v) is 5.18. The molecule has 0 saturated heterocycles. The van der Waals surface area contributed by atoms with Crippen LogP contribution in [-0.2, 0) is 11.2 Å². The first-order chi connectivity index (χ1) is 8.20. The molecule has 1 aromatic heterocycles. The second kappa shape index (κ2) is 3.35. The quantitative estimate of drug-likeness (QED) is 0.621. The smallest absolute Gasteiger partial charge is 0.356 e. The number of nitrogens with zero attached hydrogens (tertiary/aromatic N) is 1. The number of aromatic hydroxyl groups is 1. The summed E-state index contributed by atoms with van der Waals surface area (Å²) in [6.45, 7) is 0. The normalized spacial score (nSPS) is 12.1. The lowest BCUT2D eigenvalue weighted by atomic mass is 10.1. The van der Waals surface area contributed by atoms with E-state index in [-0.39, 0.29) is 5.75 Å². The molecule has 0 atom stereocenters. The zero-order valence-corrected chi connectivity index (χ0v) is 9.15. The van der Waals surface area contributed by atoms with E-state index in [1.165, 1.54) is 7.11 Å². The number of esters is 1. The molecule has 17 heavy (non-hydrogen) atoms. The highest BCUT2D eigenvalue weighted by molar-refractivity contribution is 5.93. The van der Waals surface area contributed by atoms with Gasteiger partial charge in [0.1, 0.15) is 11.4 Å². The second-order valence-electron chi connectivity index (χ2n) is 3.94. The van der Waals surface area contributed by atoms with Crippen molar-refractivity contribution in [2.75, 3.05) is 7.11 Å². The van der Waals surface area contributed by atoms with Crippen molar-refractivity contribution >= 4 is 5.97 Å². The van der Waals surface area contributed by atoms with Gasteiger partial charge in [-0.1, -0.05) is 0 Å². The molecule has 1 aromatic carbocycles. The van der Waals surface area contributed by atoms with E-state index in [9.17, 15) is 9.90 Å². The Balaban J connectivity index is 2.13. The Hall–Kier alpha value is -2.30. The number of fused-ring (bicyclic) bond motifs is 3. The number of phenolic OH excluding ortho intramolecular Hbond substituents is 1. The Morgan fingerprint density at radius 2 is 2.35 bits per heavy atom. The van der Waals surface area contributed by atoms with Crippen molar-refractivity contribution in [3.8, 4) is 17.0 Å². The zero-order chi connectivity index (χ0) is 12.0. The Morgan fingerprint density at radius 3 is 3.12 bits per heavy atom. The number of carbonyl (C=O) groups is 1. The number of methoxy groups -OCH3 is 1. The van der Waals surface area contributed by atoms with Crippen molar-refractivity contribution < 1.29 is 14.6 Å². The van der Waals surface area contributed by atoms with Gasteiger partial charge < -0.3 is 9.84 Å². The molecule has 0 saturated carbocycles. The Labute approximate surface area is 97.0 Å².